The standard InChI is InChI=1S/C22H26N4O2/c27-20(15-17-7-4-5-8-17)23-13-14-25-21-19(11-6-12-24-21)26(22(25)28)16-18-9-2-1-3-10-18/h1-3,6,9-12,17H,4-5,7-8,13-16H2,(H,23,27). The molecule has 0 atom stereocenters. The summed E-state index contributed by atoms with van der Waals surface area (Å²) in [6.45, 7) is 1.36. The zero-order valence-electron chi connectivity index (χ0n) is 16.0. The van der Waals surface area contributed by atoms with Crippen molar-refractivity contribution < 1.29 is 4.79 Å². The largest absolute Gasteiger partial charge is 0.354 e. The molecule has 3 aromatic rings. The topological polar surface area (TPSA) is 68.9 Å². The number of rotatable bonds is 7. The summed E-state index contributed by atoms with van der Waals surface area (Å²) in [5.74, 6) is 0.609. The third-order valence-electron chi connectivity index (χ3n) is 5.56. The van der Waals surface area contributed by atoms with E-state index in [4.69, 9.17) is 0 Å². The van der Waals surface area contributed by atoms with Crippen molar-refractivity contribution >= 4 is 17.1 Å². The van der Waals surface area contributed by atoms with E-state index in [0.29, 0.717) is 37.6 Å². The van der Waals surface area contributed by atoms with Gasteiger partial charge in [-0.2, -0.15) is 0 Å². The van der Waals surface area contributed by atoms with Gasteiger partial charge in [-0.25, -0.2) is 9.78 Å². The van der Waals surface area contributed by atoms with E-state index in [0.717, 1.165) is 23.9 Å². The number of hydrogen-bond acceptors (Lipinski definition) is 3. The molecule has 6 heteroatoms. The van der Waals surface area contributed by atoms with Gasteiger partial charge in [0.15, 0.2) is 5.65 Å². The number of hydrogen-bond donors (Lipinski definition) is 1. The Bertz CT molecular complexity index is 1000. The van der Waals surface area contributed by atoms with Gasteiger partial charge in [0, 0.05) is 25.7 Å². The van der Waals surface area contributed by atoms with Gasteiger partial charge in [-0.05, 0) is 36.5 Å². The lowest BCUT2D eigenvalue weighted by molar-refractivity contribution is -0.122. The van der Waals surface area contributed by atoms with Crippen molar-refractivity contribution in [3.63, 3.8) is 0 Å². The van der Waals surface area contributed by atoms with Crippen molar-refractivity contribution in [2.45, 2.75) is 45.2 Å². The van der Waals surface area contributed by atoms with Crippen LogP contribution in [-0.2, 0) is 17.9 Å². The Labute approximate surface area is 164 Å². The fourth-order valence-electron chi connectivity index (χ4n) is 4.12. The number of carbonyl (C=O) groups excluding carboxylic acids is 1. The highest BCUT2D eigenvalue weighted by molar-refractivity contribution is 5.76. The molecule has 0 radical (unpaired) electrons. The average molecular weight is 378 g/mol. The first-order chi connectivity index (χ1) is 13.7. The molecular weight excluding hydrogens is 352 g/mol. The summed E-state index contributed by atoms with van der Waals surface area (Å²) < 4.78 is 3.41. The Morgan fingerprint density at radius 3 is 2.64 bits per heavy atom. The number of aromatic nitrogens is 3. The van der Waals surface area contributed by atoms with E-state index in [1.807, 2.05) is 42.5 Å². The van der Waals surface area contributed by atoms with E-state index >= 15 is 0 Å². The third-order valence-corrected chi connectivity index (χ3v) is 5.56. The van der Waals surface area contributed by atoms with Gasteiger partial charge in [-0.3, -0.25) is 13.9 Å². The number of benzene rings is 1. The Kier molecular flexibility index (Phi) is 5.55. The van der Waals surface area contributed by atoms with Crippen LogP contribution in [0.15, 0.2) is 53.5 Å². The van der Waals surface area contributed by atoms with Crippen LogP contribution in [0.1, 0.15) is 37.7 Å². The number of amides is 1. The van der Waals surface area contributed by atoms with Crippen molar-refractivity contribution in [3.8, 4) is 0 Å². The molecule has 0 bridgehead atoms. The third kappa shape index (κ3) is 4.01. The Hall–Kier alpha value is -2.89. The van der Waals surface area contributed by atoms with Crippen molar-refractivity contribution in [1.29, 1.82) is 0 Å². The maximum absolute atomic E-state index is 13.0. The molecule has 1 aromatic carbocycles. The van der Waals surface area contributed by atoms with Crippen LogP contribution < -0.4 is 11.0 Å². The van der Waals surface area contributed by atoms with Crippen molar-refractivity contribution in [2.24, 2.45) is 5.92 Å². The van der Waals surface area contributed by atoms with Gasteiger partial charge in [0.25, 0.3) is 0 Å². The lowest BCUT2D eigenvalue weighted by atomic mass is 10.0. The summed E-state index contributed by atoms with van der Waals surface area (Å²) in [6.07, 6.45) is 7.08. The zero-order chi connectivity index (χ0) is 19.3. The fourth-order valence-corrected chi connectivity index (χ4v) is 4.12. The molecule has 0 aliphatic heterocycles. The number of carbonyl (C=O) groups is 1. The van der Waals surface area contributed by atoms with E-state index in [-0.39, 0.29) is 11.6 Å². The lowest BCUT2D eigenvalue weighted by Crippen LogP contribution is -2.32. The van der Waals surface area contributed by atoms with Gasteiger partial charge in [0.2, 0.25) is 5.91 Å². The molecule has 1 amide bonds. The van der Waals surface area contributed by atoms with E-state index in [2.05, 4.69) is 10.3 Å². The summed E-state index contributed by atoms with van der Waals surface area (Å²) in [7, 11) is 0. The molecule has 0 spiro atoms. The lowest BCUT2D eigenvalue weighted by Gasteiger charge is -2.09. The van der Waals surface area contributed by atoms with Crippen LogP contribution in [-0.4, -0.2) is 26.6 Å². The van der Waals surface area contributed by atoms with E-state index in [1.165, 1.54) is 12.8 Å². The van der Waals surface area contributed by atoms with Crippen LogP contribution in [0.3, 0.4) is 0 Å². The number of nitrogens with one attached hydrogen (secondary N) is 1. The van der Waals surface area contributed by atoms with Crippen LogP contribution >= 0.6 is 0 Å². The molecule has 2 heterocycles. The Balaban J connectivity index is 1.48. The molecule has 1 fully saturated rings. The average Bonchev–Trinajstić information content (AvgIpc) is 3.31. The maximum Gasteiger partial charge on any atom is 0.330 e. The molecule has 6 nitrogen and oxygen atoms in total. The molecule has 146 valence electrons. The molecular formula is C22H26N4O2. The summed E-state index contributed by atoms with van der Waals surface area (Å²) in [5, 5.41) is 2.97. The molecule has 1 aliphatic rings. The number of fused-ring (bicyclic) bond motifs is 1. The highest BCUT2D eigenvalue weighted by atomic mass is 16.2. The first kappa shape index (κ1) is 18.5. The molecule has 4 rings (SSSR count). The predicted molar refractivity (Wildman–Crippen MR) is 109 cm³/mol. The summed E-state index contributed by atoms with van der Waals surface area (Å²) in [5.41, 5.74) is 2.45. The molecule has 0 unspecified atom stereocenters. The molecule has 1 saturated carbocycles. The smallest absolute Gasteiger partial charge is 0.330 e. The number of imidazole rings is 1. The van der Waals surface area contributed by atoms with Gasteiger partial charge in [0.1, 0.15) is 0 Å². The highest BCUT2D eigenvalue weighted by Crippen LogP contribution is 2.27. The monoisotopic (exact) mass is 378 g/mol. The van der Waals surface area contributed by atoms with E-state index in [1.54, 1.807) is 15.3 Å². The minimum atomic E-state index is -0.0948. The zero-order valence-corrected chi connectivity index (χ0v) is 16.0. The summed E-state index contributed by atoms with van der Waals surface area (Å²) >= 11 is 0. The van der Waals surface area contributed by atoms with E-state index < -0.39 is 0 Å². The first-order valence-electron chi connectivity index (χ1n) is 10.1. The number of pyridine rings is 1. The van der Waals surface area contributed by atoms with E-state index in [9.17, 15) is 9.59 Å². The van der Waals surface area contributed by atoms with Crippen molar-refractivity contribution in [3.05, 3.63) is 64.7 Å². The highest BCUT2D eigenvalue weighted by Gasteiger charge is 2.18. The summed E-state index contributed by atoms with van der Waals surface area (Å²) in [6, 6.07) is 13.7. The normalized spacial score (nSPS) is 14.6. The van der Waals surface area contributed by atoms with Crippen LogP contribution in [0.2, 0.25) is 0 Å². The van der Waals surface area contributed by atoms with Gasteiger partial charge in [0.05, 0.1) is 12.1 Å². The van der Waals surface area contributed by atoms with Crippen molar-refractivity contribution in [2.75, 3.05) is 6.54 Å². The van der Waals surface area contributed by atoms with Crippen LogP contribution in [0.25, 0.3) is 11.2 Å². The minimum absolute atomic E-state index is 0.0842. The number of nitrogens with zero attached hydrogens (tertiary/aromatic N) is 3. The molecule has 1 N–H and O–H groups in total. The van der Waals surface area contributed by atoms with Gasteiger partial charge in [-0.1, -0.05) is 43.2 Å². The minimum Gasteiger partial charge on any atom is -0.354 e. The molecule has 0 saturated heterocycles. The van der Waals surface area contributed by atoms with Gasteiger partial charge < -0.3 is 5.32 Å². The first-order valence-corrected chi connectivity index (χ1v) is 10.1. The maximum atomic E-state index is 13.0. The molecule has 28 heavy (non-hydrogen) atoms. The molecule has 2 aromatic heterocycles. The molecule has 1 aliphatic carbocycles. The fraction of sp³-hybridized carbons (Fsp3) is 0.409. The SMILES string of the molecule is O=C(CC1CCCC1)NCCn1c(=O)n(Cc2ccccc2)c2cccnc21. The Morgan fingerprint density at radius 1 is 1.07 bits per heavy atom. The second-order valence-corrected chi connectivity index (χ2v) is 7.56. The quantitative estimate of drug-likeness (QED) is 0.687. The predicted octanol–water partition coefficient (Wildman–Crippen LogP) is 2.94. The van der Waals surface area contributed by atoms with Gasteiger partial charge >= 0.3 is 5.69 Å². The summed E-state index contributed by atoms with van der Waals surface area (Å²) in [4.78, 5) is 29.6. The van der Waals surface area contributed by atoms with Crippen LogP contribution in [0.4, 0.5) is 0 Å². The van der Waals surface area contributed by atoms with Crippen LogP contribution in [0.5, 0.6) is 0 Å². The van der Waals surface area contributed by atoms with Gasteiger partial charge in [-0.15, -0.1) is 0 Å². The second-order valence-electron chi connectivity index (χ2n) is 7.56. The van der Waals surface area contributed by atoms with Crippen molar-refractivity contribution in [1.82, 2.24) is 19.4 Å². The Morgan fingerprint density at radius 2 is 1.86 bits per heavy atom. The second kappa shape index (κ2) is 8.42. The van der Waals surface area contributed by atoms with Crippen LogP contribution in [0, 0.1) is 5.92 Å².